The van der Waals surface area contributed by atoms with Gasteiger partial charge in [0.15, 0.2) is 0 Å². The van der Waals surface area contributed by atoms with Crippen LogP contribution < -0.4 is 0 Å². The van der Waals surface area contributed by atoms with E-state index in [0.29, 0.717) is 12.4 Å². The molecule has 0 aromatic carbocycles. The smallest absolute Gasteiger partial charge is 0.378 e. The lowest BCUT2D eigenvalue weighted by molar-refractivity contribution is 0.0512. The van der Waals surface area contributed by atoms with Crippen molar-refractivity contribution < 1.29 is 9.53 Å². The van der Waals surface area contributed by atoms with Crippen LogP contribution in [0.5, 0.6) is 0 Å². The summed E-state index contributed by atoms with van der Waals surface area (Å²) in [7, 11) is 0. The van der Waals surface area contributed by atoms with Gasteiger partial charge in [0, 0.05) is 0 Å². The van der Waals surface area contributed by atoms with Gasteiger partial charge in [-0.25, -0.2) is 9.78 Å². The minimum absolute atomic E-state index is 0. The molecule has 0 aliphatic rings. The predicted molar refractivity (Wildman–Crippen MR) is 49.1 cm³/mol. The summed E-state index contributed by atoms with van der Waals surface area (Å²) in [6.45, 7) is 2.02. The monoisotopic (exact) mass is 225 g/mol. The predicted octanol–water partition coefficient (Wildman–Crippen LogP) is 1.14. The van der Waals surface area contributed by atoms with Crippen molar-refractivity contribution in [2.24, 2.45) is 0 Å². The molecule has 13 heavy (non-hydrogen) atoms. The maximum absolute atomic E-state index is 11.0. The molecular formula is C6H9Cl2N3O2. The summed E-state index contributed by atoms with van der Waals surface area (Å²) in [6, 6.07) is 0. The van der Waals surface area contributed by atoms with E-state index in [0.717, 1.165) is 0 Å². The maximum atomic E-state index is 11.0. The molecule has 0 aliphatic carbocycles. The molecule has 0 atom stereocenters. The number of aromatic amines is 1. The number of rotatable bonds is 3. The average Bonchev–Trinajstić information content (AvgIpc) is 2.52. The molecule has 0 amide bonds. The van der Waals surface area contributed by atoms with Crippen LogP contribution in [0.2, 0.25) is 0 Å². The molecule has 0 spiro atoms. The normalized spacial score (nSPS) is 9.08. The van der Waals surface area contributed by atoms with Crippen LogP contribution in [0.3, 0.4) is 0 Å². The molecule has 0 saturated carbocycles. The summed E-state index contributed by atoms with van der Waals surface area (Å²) in [4.78, 5) is 14.7. The first kappa shape index (κ1) is 12.2. The standard InChI is InChI=1S/C6H8ClN3O2.ClH/c1-2-12-6(11)5-8-4(3-7)9-10-5;/h2-3H2,1H3,(H,8,9,10);1H. The summed E-state index contributed by atoms with van der Waals surface area (Å²) in [5.41, 5.74) is 0. The van der Waals surface area contributed by atoms with Crippen molar-refractivity contribution in [1.82, 2.24) is 15.2 Å². The Kier molecular flexibility index (Phi) is 5.41. The molecular weight excluding hydrogens is 217 g/mol. The number of hydrogen-bond acceptors (Lipinski definition) is 4. The Morgan fingerprint density at radius 3 is 2.85 bits per heavy atom. The van der Waals surface area contributed by atoms with Crippen LogP contribution in [-0.2, 0) is 10.6 Å². The van der Waals surface area contributed by atoms with Crippen LogP contribution in [0.25, 0.3) is 0 Å². The number of carbonyl (C=O) groups is 1. The Labute approximate surface area is 86.2 Å². The van der Waals surface area contributed by atoms with E-state index in [1.165, 1.54) is 0 Å². The van der Waals surface area contributed by atoms with Crippen LogP contribution in [0.1, 0.15) is 23.4 Å². The molecule has 0 unspecified atom stereocenters. The highest BCUT2D eigenvalue weighted by molar-refractivity contribution is 6.16. The van der Waals surface area contributed by atoms with Crippen LogP contribution in [0.15, 0.2) is 0 Å². The molecule has 74 valence electrons. The fraction of sp³-hybridized carbons (Fsp3) is 0.500. The van der Waals surface area contributed by atoms with Crippen molar-refractivity contribution in [1.29, 1.82) is 0 Å². The Balaban J connectivity index is 0.00000144. The second-order valence-corrected chi connectivity index (χ2v) is 2.23. The van der Waals surface area contributed by atoms with Crippen molar-refractivity contribution in [2.45, 2.75) is 12.8 Å². The molecule has 5 nitrogen and oxygen atoms in total. The van der Waals surface area contributed by atoms with E-state index in [9.17, 15) is 4.79 Å². The van der Waals surface area contributed by atoms with Gasteiger partial charge in [-0.1, -0.05) is 0 Å². The number of esters is 1. The molecule has 7 heteroatoms. The van der Waals surface area contributed by atoms with E-state index >= 15 is 0 Å². The molecule has 1 aromatic heterocycles. The lowest BCUT2D eigenvalue weighted by atomic mass is 10.6. The quantitative estimate of drug-likeness (QED) is 0.619. The number of aromatic nitrogens is 3. The van der Waals surface area contributed by atoms with Crippen LogP contribution in [-0.4, -0.2) is 27.8 Å². The maximum Gasteiger partial charge on any atom is 0.378 e. The lowest BCUT2D eigenvalue weighted by Gasteiger charge is -1.93. The first-order chi connectivity index (χ1) is 5.77. The number of H-pyrrole nitrogens is 1. The third kappa shape index (κ3) is 3.20. The van der Waals surface area contributed by atoms with Crippen LogP contribution in [0.4, 0.5) is 0 Å². The average molecular weight is 226 g/mol. The van der Waals surface area contributed by atoms with Crippen molar-refractivity contribution in [3.63, 3.8) is 0 Å². The highest BCUT2D eigenvalue weighted by Gasteiger charge is 2.12. The molecule has 1 heterocycles. The van der Waals surface area contributed by atoms with Gasteiger partial charge in [0.05, 0.1) is 12.5 Å². The van der Waals surface area contributed by atoms with Crippen molar-refractivity contribution >= 4 is 30.0 Å². The molecule has 1 aromatic rings. The second-order valence-electron chi connectivity index (χ2n) is 1.96. The Morgan fingerprint density at radius 2 is 2.38 bits per heavy atom. The van der Waals surface area contributed by atoms with Gasteiger partial charge in [0.25, 0.3) is 5.82 Å². The molecule has 0 fully saturated rings. The third-order valence-corrected chi connectivity index (χ3v) is 1.37. The molecule has 0 bridgehead atoms. The van der Waals surface area contributed by atoms with Gasteiger partial charge in [0.1, 0.15) is 5.82 Å². The van der Waals surface area contributed by atoms with Gasteiger partial charge in [-0.2, -0.15) is 0 Å². The van der Waals surface area contributed by atoms with Gasteiger partial charge in [-0.05, 0) is 6.92 Å². The minimum Gasteiger partial charge on any atom is -0.460 e. The van der Waals surface area contributed by atoms with Gasteiger partial charge in [-0.3, -0.25) is 5.10 Å². The summed E-state index contributed by atoms with van der Waals surface area (Å²) in [5, 5.41) is 6.11. The molecule has 1 N–H and O–H groups in total. The first-order valence-corrected chi connectivity index (χ1v) is 3.95. The number of hydrogen-bond donors (Lipinski definition) is 1. The van der Waals surface area contributed by atoms with E-state index in [2.05, 4.69) is 19.9 Å². The number of alkyl halides is 1. The van der Waals surface area contributed by atoms with Crippen LogP contribution >= 0.6 is 24.0 Å². The molecule has 0 aliphatic heterocycles. The zero-order valence-electron chi connectivity index (χ0n) is 6.91. The fourth-order valence-electron chi connectivity index (χ4n) is 0.642. The van der Waals surface area contributed by atoms with Gasteiger partial charge >= 0.3 is 5.97 Å². The first-order valence-electron chi connectivity index (χ1n) is 3.42. The second kappa shape index (κ2) is 5.77. The Hall–Kier alpha value is -0.810. The Morgan fingerprint density at radius 1 is 1.69 bits per heavy atom. The largest absolute Gasteiger partial charge is 0.460 e. The number of carbonyl (C=O) groups excluding carboxylic acids is 1. The Bertz CT molecular complexity index is 277. The van der Waals surface area contributed by atoms with Gasteiger partial charge < -0.3 is 4.74 Å². The summed E-state index contributed by atoms with van der Waals surface area (Å²) >= 11 is 5.44. The van der Waals surface area contributed by atoms with E-state index < -0.39 is 5.97 Å². The fourth-order valence-corrected chi connectivity index (χ4v) is 0.762. The SMILES string of the molecule is CCOC(=O)c1n[nH]c(CCl)n1.Cl. The van der Waals surface area contributed by atoms with E-state index in [4.69, 9.17) is 11.6 Å². The van der Waals surface area contributed by atoms with E-state index in [-0.39, 0.29) is 24.1 Å². The zero-order valence-corrected chi connectivity index (χ0v) is 8.48. The van der Waals surface area contributed by atoms with Crippen molar-refractivity contribution in [2.75, 3.05) is 6.61 Å². The molecule has 0 radical (unpaired) electrons. The summed E-state index contributed by atoms with van der Waals surface area (Å²) in [5.74, 6) is 0.143. The summed E-state index contributed by atoms with van der Waals surface area (Å²) in [6.07, 6.45) is 0. The van der Waals surface area contributed by atoms with E-state index in [1.54, 1.807) is 6.92 Å². The number of ether oxygens (including phenoxy) is 1. The van der Waals surface area contributed by atoms with Crippen molar-refractivity contribution in [3.05, 3.63) is 11.6 Å². The highest BCUT2D eigenvalue weighted by Crippen LogP contribution is 1.97. The summed E-state index contributed by atoms with van der Waals surface area (Å²) < 4.78 is 4.66. The third-order valence-electron chi connectivity index (χ3n) is 1.12. The van der Waals surface area contributed by atoms with Crippen LogP contribution in [0, 0.1) is 0 Å². The number of nitrogens with one attached hydrogen (secondary N) is 1. The lowest BCUT2D eigenvalue weighted by Crippen LogP contribution is -2.06. The van der Waals surface area contributed by atoms with Gasteiger partial charge in [-0.15, -0.1) is 29.1 Å². The van der Waals surface area contributed by atoms with Gasteiger partial charge in [0.2, 0.25) is 0 Å². The topological polar surface area (TPSA) is 67.9 Å². The minimum atomic E-state index is -0.537. The highest BCUT2D eigenvalue weighted by atomic mass is 35.5. The molecule has 1 rings (SSSR count). The number of nitrogens with zero attached hydrogens (tertiary/aromatic N) is 2. The van der Waals surface area contributed by atoms with Crippen molar-refractivity contribution in [3.8, 4) is 0 Å². The zero-order chi connectivity index (χ0) is 8.97. The number of halogens is 2. The van der Waals surface area contributed by atoms with E-state index in [1.807, 2.05) is 0 Å². The molecule has 0 saturated heterocycles.